The van der Waals surface area contributed by atoms with Crippen LogP contribution in [0.1, 0.15) is 20.3 Å². The van der Waals surface area contributed by atoms with E-state index in [0.717, 1.165) is 4.90 Å². The van der Waals surface area contributed by atoms with Crippen LogP contribution in [0, 0.1) is 0 Å². The molecule has 6 heteroatoms. The third-order valence-corrected chi connectivity index (χ3v) is 1.97. The van der Waals surface area contributed by atoms with Gasteiger partial charge in [-0.05, 0) is 19.7 Å². The summed E-state index contributed by atoms with van der Waals surface area (Å²) in [6, 6.07) is -2.31. The molecule has 1 atom stereocenters. The Morgan fingerprint density at radius 1 is 1.64 bits per heavy atom. The Morgan fingerprint density at radius 2 is 2.21 bits per heavy atom. The lowest BCUT2D eigenvalue weighted by atomic mass is 10.1. The van der Waals surface area contributed by atoms with Crippen LogP contribution in [0.2, 0.25) is 0 Å². The van der Waals surface area contributed by atoms with Crippen LogP contribution in [0.4, 0.5) is 4.79 Å². The molecule has 0 aliphatic carbocycles. The number of rotatable bonds is 2. The van der Waals surface area contributed by atoms with Crippen LogP contribution < -0.4 is 10.2 Å². The second-order valence-electron chi connectivity index (χ2n) is 3.33. The summed E-state index contributed by atoms with van der Waals surface area (Å²) >= 11 is 0. The van der Waals surface area contributed by atoms with Crippen LogP contribution in [-0.2, 0) is 4.79 Å². The minimum absolute atomic E-state index is 0.299. The number of aliphatic carboxylic acids is 1. The molecule has 1 rings (SSSR count). The maximum atomic E-state index is 11.2. The summed E-state index contributed by atoms with van der Waals surface area (Å²) in [4.78, 5) is 26.1. The molecule has 1 heterocycles. The maximum absolute atomic E-state index is 11.2. The van der Waals surface area contributed by atoms with Gasteiger partial charge in [0.25, 0.3) is 0 Å². The number of carboxylic acid groups (broad SMARTS) is 1. The number of nitrogens with zero attached hydrogens (tertiary/aromatic N) is 2. The summed E-state index contributed by atoms with van der Waals surface area (Å²) in [5.74, 6) is -2.13. The number of hydrogen-bond donors (Lipinski definition) is 0. The predicted octanol–water partition coefficient (Wildman–Crippen LogP) is -1.90. The van der Waals surface area contributed by atoms with Gasteiger partial charge in [0.1, 0.15) is 0 Å². The Balaban J connectivity index is 2.99. The summed E-state index contributed by atoms with van der Waals surface area (Å²) in [5.41, 5.74) is 0. The quantitative estimate of drug-likeness (QED) is 0.517. The highest BCUT2D eigenvalue weighted by Gasteiger charge is 2.29. The predicted molar refractivity (Wildman–Crippen MR) is 43.2 cm³/mol. The monoisotopic (exact) mass is 198 g/mol. The molecule has 0 bridgehead atoms. The van der Waals surface area contributed by atoms with E-state index in [2.05, 4.69) is 4.99 Å². The minimum Gasteiger partial charge on any atom is -0.862 e. The van der Waals surface area contributed by atoms with Gasteiger partial charge in [0.2, 0.25) is 0 Å². The maximum Gasteiger partial charge on any atom is 0.343 e. The second kappa shape index (κ2) is 3.65. The van der Waals surface area contributed by atoms with Crippen molar-refractivity contribution in [2.45, 2.75) is 32.4 Å². The molecule has 0 aromatic carbocycles. The van der Waals surface area contributed by atoms with Crippen LogP contribution in [-0.4, -0.2) is 34.9 Å². The number of aliphatic imine (C=N–C) groups is 1. The van der Waals surface area contributed by atoms with Gasteiger partial charge in [0.05, 0.1) is 12.0 Å². The van der Waals surface area contributed by atoms with Crippen LogP contribution in [0.5, 0.6) is 0 Å². The highest BCUT2D eigenvalue weighted by molar-refractivity contribution is 5.96. The summed E-state index contributed by atoms with van der Waals surface area (Å²) in [6.07, 6.45) is -0.299. The summed E-state index contributed by atoms with van der Waals surface area (Å²) in [7, 11) is 0. The number of urea groups is 1. The highest BCUT2D eigenvalue weighted by atomic mass is 16.4. The van der Waals surface area contributed by atoms with Crippen molar-refractivity contribution in [2.24, 2.45) is 4.99 Å². The van der Waals surface area contributed by atoms with Gasteiger partial charge in [-0.15, -0.1) is 0 Å². The molecule has 0 saturated carbocycles. The first-order chi connectivity index (χ1) is 6.43. The zero-order valence-corrected chi connectivity index (χ0v) is 7.89. The molecule has 1 aliphatic heterocycles. The number of carbonyl (C=O) groups is 2. The first kappa shape index (κ1) is 10.5. The molecule has 6 nitrogen and oxygen atoms in total. The number of carbonyl (C=O) groups excluding carboxylic acids is 2. The molecule has 0 N–H and O–H groups in total. The first-order valence-corrected chi connectivity index (χ1v) is 4.21. The van der Waals surface area contributed by atoms with E-state index in [-0.39, 0.29) is 12.5 Å². The molecule has 2 amide bonds. The van der Waals surface area contributed by atoms with Crippen LogP contribution >= 0.6 is 0 Å². The smallest absolute Gasteiger partial charge is 0.343 e. The average molecular weight is 198 g/mol. The standard InChI is InChI=1S/C8H12N2O4/c1-4(2)10-5(7(12)13)3-6(11)9-8(10)14/h4-5H,3H2,1-2H3,(H,12,13)(H,9,11,14)/p-2. The molecule has 0 spiro atoms. The minimum atomic E-state index is -1.42. The topological polar surface area (TPSA) is 95.9 Å². The molecule has 0 fully saturated rings. The molecule has 14 heavy (non-hydrogen) atoms. The van der Waals surface area contributed by atoms with E-state index in [4.69, 9.17) is 0 Å². The molecule has 0 radical (unpaired) electrons. The number of hydrogen-bond acceptors (Lipinski definition) is 4. The molecule has 1 aliphatic rings. The third kappa shape index (κ3) is 1.84. The molecular formula is C8H10N2O4-2. The van der Waals surface area contributed by atoms with Crippen molar-refractivity contribution < 1.29 is 19.8 Å². The van der Waals surface area contributed by atoms with Crippen molar-refractivity contribution in [3.8, 4) is 0 Å². The van der Waals surface area contributed by atoms with Gasteiger partial charge in [-0.3, -0.25) is 0 Å². The van der Waals surface area contributed by atoms with Gasteiger partial charge in [0.15, 0.2) is 0 Å². The third-order valence-electron chi connectivity index (χ3n) is 1.97. The lowest BCUT2D eigenvalue weighted by molar-refractivity contribution is -0.312. The lowest BCUT2D eigenvalue weighted by Gasteiger charge is -2.38. The van der Waals surface area contributed by atoms with Crippen molar-refractivity contribution in [1.82, 2.24) is 4.90 Å². The van der Waals surface area contributed by atoms with Crippen LogP contribution in [0.25, 0.3) is 0 Å². The lowest BCUT2D eigenvalue weighted by Crippen LogP contribution is -2.57. The van der Waals surface area contributed by atoms with Gasteiger partial charge in [-0.2, -0.15) is 0 Å². The van der Waals surface area contributed by atoms with Crippen LogP contribution in [0.3, 0.4) is 0 Å². The summed E-state index contributed by atoms with van der Waals surface area (Å²) < 4.78 is 0. The first-order valence-electron chi connectivity index (χ1n) is 4.21. The molecule has 78 valence electrons. The SMILES string of the molecule is CC(C)N1C(=O)N=C([O-])CC1C(=O)[O-]. The Hall–Kier alpha value is -1.59. The average Bonchev–Trinajstić information content (AvgIpc) is 2.01. The molecular weight excluding hydrogens is 188 g/mol. The van der Waals surface area contributed by atoms with Gasteiger partial charge >= 0.3 is 6.03 Å². The largest absolute Gasteiger partial charge is 0.862 e. The fraction of sp³-hybridized carbons (Fsp3) is 0.625. The zero-order valence-electron chi connectivity index (χ0n) is 7.89. The van der Waals surface area contributed by atoms with E-state index < -0.39 is 23.9 Å². The molecule has 0 saturated heterocycles. The van der Waals surface area contributed by atoms with Crippen LogP contribution in [0.15, 0.2) is 4.99 Å². The Bertz CT molecular complexity index is 298. The van der Waals surface area contributed by atoms with E-state index in [1.54, 1.807) is 13.8 Å². The highest BCUT2D eigenvalue weighted by Crippen LogP contribution is 2.15. The summed E-state index contributed by atoms with van der Waals surface area (Å²) in [5, 5.41) is 21.5. The number of amides is 2. The Kier molecular flexibility index (Phi) is 2.73. The van der Waals surface area contributed by atoms with E-state index in [9.17, 15) is 19.8 Å². The zero-order chi connectivity index (χ0) is 10.9. The van der Waals surface area contributed by atoms with E-state index in [0.29, 0.717) is 0 Å². The number of carboxylic acids is 1. The van der Waals surface area contributed by atoms with E-state index >= 15 is 0 Å². The van der Waals surface area contributed by atoms with E-state index in [1.807, 2.05) is 0 Å². The van der Waals surface area contributed by atoms with Gasteiger partial charge in [0, 0.05) is 12.5 Å². The summed E-state index contributed by atoms with van der Waals surface area (Å²) in [6.45, 7) is 3.30. The van der Waals surface area contributed by atoms with Crippen molar-refractivity contribution in [2.75, 3.05) is 0 Å². The Morgan fingerprint density at radius 3 is 2.64 bits per heavy atom. The molecule has 1 unspecified atom stereocenters. The second-order valence-corrected chi connectivity index (χ2v) is 3.33. The fourth-order valence-electron chi connectivity index (χ4n) is 1.38. The van der Waals surface area contributed by atoms with Crippen molar-refractivity contribution >= 4 is 17.9 Å². The molecule has 0 aromatic heterocycles. The van der Waals surface area contributed by atoms with Gasteiger partial charge < -0.3 is 19.9 Å². The van der Waals surface area contributed by atoms with Crippen molar-refractivity contribution in [1.29, 1.82) is 0 Å². The van der Waals surface area contributed by atoms with E-state index in [1.165, 1.54) is 0 Å². The van der Waals surface area contributed by atoms with Crippen molar-refractivity contribution in [3.05, 3.63) is 0 Å². The van der Waals surface area contributed by atoms with Crippen molar-refractivity contribution in [3.63, 3.8) is 0 Å². The Labute approximate surface area is 80.9 Å². The van der Waals surface area contributed by atoms with Gasteiger partial charge in [-0.1, -0.05) is 0 Å². The fourth-order valence-corrected chi connectivity index (χ4v) is 1.38. The molecule has 0 aromatic rings. The normalized spacial score (nSPS) is 22.5. The van der Waals surface area contributed by atoms with Gasteiger partial charge in [-0.25, -0.2) is 9.79 Å².